The van der Waals surface area contributed by atoms with Gasteiger partial charge in [-0.25, -0.2) is 0 Å². The Hall–Kier alpha value is -3.08. The molecule has 0 aliphatic carbocycles. The zero-order valence-corrected chi connectivity index (χ0v) is 16.1. The first kappa shape index (κ1) is 18.7. The third kappa shape index (κ3) is 4.03. The minimum atomic E-state index is -0.300. The highest BCUT2D eigenvalue weighted by molar-refractivity contribution is 6.02. The van der Waals surface area contributed by atoms with E-state index in [9.17, 15) is 9.90 Å². The van der Waals surface area contributed by atoms with Gasteiger partial charge in [0.05, 0.1) is 30.1 Å². The summed E-state index contributed by atoms with van der Waals surface area (Å²) in [7, 11) is 1.56. The van der Waals surface area contributed by atoms with E-state index in [-0.39, 0.29) is 23.5 Å². The zero-order valence-electron chi connectivity index (χ0n) is 16.1. The van der Waals surface area contributed by atoms with Gasteiger partial charge in [0.1, 0.15) is 5.75 Å². The Labute approximate surface area is 158 Å². The van der Waals surface area contributed by atoms with Crippen LogP contribution in [0.1, 0.15) is 31.9 Å². The van der Waals surface area contributed by atoms with Gasteiger partial charge in [0, 0.05) is 11.6 Å². The number of aliphatic imine (C=N–C) groups is 1. The first-order valence-corrected chi connectivity index (χ1v) is 8.83. The summed E-state index contributed by atoms with van der Waals surface area (Å²) in [4.78, 5) is 17.6. The van der Waals surface area contributed by atoms with Gasteiger partial charge in [-0.3, -0.25) is 14.4 Å². The topological polar surface area (TPSA) is 63.8 Å². The van der Waals surface area contributed by atoms with Crippen LogP contribution in [-0.2, 0) is 6.54 Å². The lowest BCUT2D eigenvalue weighted by molar-refractivity contribution is 0.412. The molecule has 0 unspecified atom stereocenters. The molecule has 2 aromatic carbocycles. The van der Waals surface area contributed by atoms with Crippen LogP contribution in [0.5, 0.6) is 11.6 Å². The lowest BCUT2D eigenvalue weighted by Gasteiger charge is -2.16. The predicted molar refractivity (Wildman–Crippen MR) is 109 cm³/mol. The second-order valence-electron chi connectivity index (χ2n) is 7.45. The Morgan fingerprint density at radius 2 is 1.81 bits per heavy atom. The Bertz CT molecular complexity index is 1050. The second-order valence-corrected chi connectivity index (χ2v) is 7.45. The summed E-state index contributed by atoms with van der Waals surface area (Å²) in [6.07, 6.45) is 1.64. The summed E-state index contributed by atoms with van der Waals surface area (Å²) >= 11 is 0. The predicted octanol–water partition coefficient (Wildman–Crippen LogP) is 3.98. The van der Waals surface area contributed by atoms with Crippen LogP contribution in [0.15, 0.2) is 58.3 Å². The van der Waals surface area contributed by atoms with Crippen molar-refractivity contribution in [1.82, 2.24) is 4.57 Å². The summed E-state index contributed by atoms with van der Waals surface area (Å²) in [5, 5.41) is 12.0. The fraction of sp³-hybridized carbons (Fsp3) is 0.273. The molecule has 3 rings (SSSR count). The maximum atomic E-state index is 13.1. The van der Waals surface area contributed by atoms with Crippen molar-refractivity contribution in [3.63, 3.8) is 0 Å². The summed E-state index contributed by atoms with van der Waals surface area (Å²) < 4.78 is 6.65. The average molecular weight is 364 g/mol. The summed E-state index contributed by atoms with van der Waals surface area (Å²) in [6, 6.07) is 14.8. The number of fused-ring (bicyclic) bond motifs is 1. The van der Waals surface area contributed by atoms with Crippen LogP contribution < -0.4 is 10.3 Å². The molecule has 0 spiro atoms. The number of rotatable bonds is 4. The van der Waals surface area contributed by atoms with Crippen LogP contribution >= 0.6 is 0 Å². The van der Waals surface area contributed by atoms with Gasteiger partial charge in [-0.15, -0.1) is 0 Å². The summed E-state index contributed by atoms with van der Waals surface area (Å²) in [5.74, 6) is 0.504. The lowest BCUT2D eigenvalue weighted by atomic mass is 10.1. The van der Waals surface area contributed by atoms with Crippen LogP contribution in [0, 0.1) is 0 Å². The first-order valence-electron chi connectivity index (χ1n) is 8.83. The Kier molecular flexibility index (Phi) is 5.04. The Morgan fingerprint density at radius 3 is 2.44 bits per heavy atom. The fourth-order valence-electron chi connectivity index (χ4n) is 2.87. The molecule has 0 saturated heterocycles. The number of pyridine rings is 1. The molecule has 0 radical (unpaired) electrons. The first-order chi connectivity index (χ1) is 12.8. The highest BCUT2D eigenvalue weighted by atomic mass is 16.5. The molecule has 1 aromatic heterocycles. The van der Waals surface area contributed by atoms with Crippen LogP contribution in [0.3, 0.4) is 0 Å². The highest BCUT2D eigenvalue weighted by Gasteiger charge is 2.17. The van der Waals surface area contributed by atoms with E-state index in [4.69, 9.17) is 4.74 Å². The van der Waals surface area contributed by atoms with E-state index >= 15 is 0 Å². The molecule has 140 valence electrons. The number of aromatic hydroxyl groups is 1. The van der Waals surface area contributed by atoms with Gasteiger partial charge < -0.3 is 9.84 Å². The van der Waals surface area contributed by atoms with Crippen LogP contribution in [0.25, 0.3) is 10.8 Å². The normalized spacial score (nSPS) is 12.0. The standard InChI is InChI=1S/C22H24N2O3/c1-22(2,3)23-13-19-17-11-10-16(27-4)12-18(17)20(25)24(21(19)26)14-15-8-6-5-7-9-15/h5-13,26H,14H2,1-4H3. The van der Waals surface area contributed by atoms with Crippen LogP contribution in [-0.4, -0.2) is 28.5 Å². The minimum absolute atomic E-state index is 0.0884. The lowest BCUT2D eigenvalue weighted by Crippen LogP contribution is -2.22. The van der Waals surface area contributed by atoms with E-state index in [2.05, 4.69) is 4.99 Å². The SMILES string of the molecule is COc1ccc2c(C=NC(C)(C)C)c(O)n(Cc3ccccc3)c(=O)c2c1. The van der Waals surface area contributed by atoms with Crippen molar-refractivity contribution in [2.24, 2.45) is 4.99 Å². The molecular weight excluding hydrogens is 340 g/mol. The van der Waals surface area contributed by atoms with E-state index in [1.165, 1.54) is 4.57 Å². The van der Waals surface area contributed by atoms with Gasteiger partial charge in [0.2, 0.25) is 5.88 Å². The van der Waals surface area contributed by atoms with Crippen molar-refractivity contribution >= 4 is 17.0 Å². The zero-order chi connectivity index (χ0) is 19.6. The van der Waals surface area contributed by atoms with Gasteiger partial charge >= 0.3 is 0 Å². The van der Waals surface area contributed by atoms with Crippen molar-refractivity contribution in [2.45, 2.75) is 32.9 Å². The fourth-order valence-corrected chi connectivity index (χ4v) is 2.87. The monoisotopic (exact) mass is 364 g/mol. The number of benzene rings is 2. The molecule has 0 amide bonds. The molecule has 0 saturated carbocycles. The minimum Gasteiger partial charge on any atom is -0.497 e. The van der Waals surface area contributed by atoms with Gasteiger partial charge in [-0.2, -0.15) is 0 Å². The molecule has 0 aliphatic heterocycles. The summed E-state index contributed by atoms with van der Waals surface area (Å²) in [5.41, 5.74) is 0.887. The average Bonchev–Trinajstić information content (AvgIpc) is 2.64. The van der Waals surface area contributed by atoms with Crippen molar-refractivity contribution < 1.29 is 9.84 Å². The number of hydrogen-bond donors (Lipinski definition) is 1. The van der Waals surface area contributed by atoms with Crippen LogP contribution in [0.2, 0.25) is 0 Å². The third-order valence-corrected chi connectivity index (χ3v) is 4.25. The Balaban J connectivity index is 2.28. The van der Waals surface area contributed by atoms with Crippen molar-refractivity contribution in [2.75, 3.05) is 7.11 Å². The van der Waals surface area contributed by atoms with Crippen LogP contribution in [0.4, 0.5) is 0 Å². The van der Waals surface area contributed by atoms with Gasteiger partial charge in [0.25, 0.3) is 5.56 Å². The molecule has 0 fully saturated rings. The molecule has 0 aliphatic rings. The molecule has 1 N–H and O–H groups in total. The number of nitrogens with zero attached hydrogens (tertiary/aromatic N) is 2. The quantitative estimate of drug-likeness (QED) is 0.712. The molecule has 0 atom stereocenters. The number of ether oxygens (including phenoxy) is 1. The van der Waals surface area contributed by atoms with E-state index in [1.807, 2.05) is 51.1 Å². The van der Waals surface area contributed by atoms with E-state index in [0.29, 0.717) is 22.1 Å². The number of methoxy groups -OCH3 is 1. The van der Waals surface area contributed by atoms with E-state index in [0.717, 1.165) is 5.56 Å². The Morgan fingerprint density at radius 1 is 1.11 bits per heavy atom. The van der Waals surface area contributed by atoms with Crippen molar-refractivity contribution in [3.8, 4) is 11.6 Å². The maximum absolute atomic E-state index is 13.1. The molecule has 5 heteroatoms. The largest absolute Gasteiger partial charge is 0.497 e. The maximum Gasteiger partial charge on any atom is 0.261 e. The molecule has 1 heterocycles. The summed E-state index contributed by atoms with van der Waals surface area (Å²) in [6.45, 7) is 6.21. The third-order valence-electron chi connectivity index (χ3n) is 4.25. The van der Waals surface area contributed by atoms with Crippen molar-refractivity contribution in [3.05, 3.63) is 70.0 Å². The molecule has 5 nitrogen and oxygen atoms in total. The van der Waals surface area contributed by atoms with Gasteiger partial charge in [-0.05, 0) is 44.5 Å². The van der Waals surface area contributed by atoms with Gasteiger partial charge in [0.15, 0.2) is 0 Å². The number of hydrogen-bond acceptors (Lipinski definition) is 4. The van der Waals surface area contributed by atoms with E-state index in [1.54, 1.807) is 31.5 Å². The molecule has 27 heavy (non-hydrogen) atoms. The highest BCUT2D eigenvalue weighted by Crippen LogP contribution is 2.27. The number of aromatic nitrogens is 1. The molecule has 3 aromatic rings. The van der Waals surface area contributed by atoms with E-state index < -0.39 is 0 Å². The molecular formula is C22H24N2O3. The smallest absolute Gasteiger partial charge is 0.261 e. The van der Waals surface area contributed by atoms with Crippen molar-refractivity contribution in [1.29, 1.82) is 0 Å². The second kappa shape index (κ2) is 7.27. The van der Waals surface area contributed by atoms with Gasteiger partial charge in [-0.1, -0.05) is 30.3 Å². The molecule has 0 bridgehead atoms.